The molecule has 2 aliphatic carbocycles. The number of pyridine rings is 1. The standard InChI is InChI=1S/C25H22N4O2S/c1-24(32(30,31)29-10-6-18-11-17(14-26)4-5-22(18)29)7-2-3-19(13-24)20-12-21-23(27-15-20)28-16-25(21)8-9-25/h2-7,10-12,15H,8-9,13,16H2,1H3,(H,27,28). The average molecular weight is 443 g/mol. The first kappa shape index (κ1) is 19.3. The van der Waals surface area contributed by atoms with Gasteiger partial charge in [-0.3, -0.25) is 0 Å². The molecule has 0 bridgehead atoms. The number of hydrogen-bond donors (Lipinski definition) is 1. The van der Waals surface area contributed by atoms with Crippen LogP contribution in [0.1, 0.15) is 42.9 Å². The SMILES string of the molecule is CC1(S(=O)(=O)n2ccc3cc(C#N)ccc32)C=CC=C(c2cnc3c(c2)C2(CC2)CN3)C1. The Balaban J connectivity index is 1.37. The van der Waals surface area contributed by atoms with Crippen molar-refractivity contribution in [2.75, 3.05) is 11.9 Å². The van der Waals surface area contributed by atoms with E-state index in [1.165, 1.54) is 22.4 Å². The highest BCUT2D eigenvalue weighted by Gasteiger charge is 2.50. The molecule has 2 aromatic heterocycles. The maximum atomic E-state index is 13.8. The monoisotopic (exact) mass is 442 g/mol. The molecule has 1 N–H and O–H groups in total. The molecule has 6 nitrogen and oxygen atoms in total. The molecule has 1 spiro atoms. The zero-order valence-corrected chi connectivity index (χ0v) is 18.5. The van der Waals surface area contributed by atoms with E-state index in [2.05, 4.69) is 22.4 Å². The van der Waals surface area contributed by atoms with Crippen LogP contribution in [-0.4, -0.2) is 28.7 Å². The Kier molecular flexibility index (Phi) is 3.82. The molecule has 0 saturated heterocycles. The topological polar surface area (TPSA) is 87.8 Å². The highest BCUT2D eigenvalue weighted by atomic mass is 32.2. The second-order valence-corrected chi connectivity index (χ2v) is 11.6. The van der Waals surface area contributed by atoms with Gasteiger partial charge in [0.05, 0.1) is 17.1 Å². The number of aromatic nitrogens is 2. The second kappa shape index (κ2) is 6.33. The minimum atomic E-state index is -3.75. The molecule has 3 aliphatic rings. The molecule has 0 radical (unpaired) electrons. The van der Waals surface area contributed by atoms with E-state index in [9.17, 15) is 8.42 Å². The van der Waals surface area contributed by atoms with Crippen molar-refractivity contribution in [1.29, 1.82) is 5.26 Å². The number of rotatable bonds is 3. The summed E-state index contributed by atoms with van der Waals surface area (Å²) in [5, 5.41) is 13.3. The number of allylic oxidation sites excluding steroid dienone is 3. The summed E-state index contributed by atoms with van der Waals surface area (Å²) >= 11 is 0. The van der Waals surface area contributed by atoms with E-state index in [0.717, 1.165) is 28.9 Å². The Morgan fingerprint density at radius 2 is 2.06 bits per heavy atom. The van der Waals surface area contributed by atoms with Crippen LogP contribution < -0.4 is 5.32 Å². The molecule has 32 heavy (non-hydrogen) atoms. The second-order valence-electron chi connectivity index (χ2n) is 9.30. The van der Waals surface area contributed by atoms with Gasteiger partial charge in [-0.25, -0.2) is 17.4 Å². The van der Waals surface area contributed by atoms with Crippen molar-refractivity contribution in [3.05, 3.63) is 77.6 Å². The Morgan fingerprint density at radius 1 is 1.22 bits per heavy atom. The Bertz CT molecular complexity index is 1500. The molecule has 6 rings (SSSR count). The van der Waals surface area contributed by atoms with Crippen molar-refractivity contribution in [1.82, 2.24) is 8.96 Å². The van der Waals surface area contributed by atoms with Gasteiger partial charge in [0.25, 0.3) is 0 Å². The van der Waals surface area contributed by atoms with Crippen molar-refractivity contribution in [2.24, 2.45) is 0 Å². The van der Waals surface area contributed by atoms with E-state index < -0.39 is 14.8 Å². The molecular formula is C25H22N4O2S. The molecule has 7 heteroatoms. The molecule has 3 heterocycles. The zero-order chi connectivity index (χ0) is 22.1. The number of fused-ring (bicyclic) bond motifs is 3. The number of hydrogen-bond acceptors (Lipinski definition) is 5. The number of nitriles is 1. The van der Waals surface area contributed by atoms with E-state index in [0.29, 0.717) is 17.5 Å². The molecule has 1 aliphatic heterocycles. The van der Waals surface area contributed by atoms with Crippen LogP contribution in [-0.2, 0) is 15.4 Å². The van der Waals surface area contributed by atoms with Crippen molar-refractivity contribution in [3.8, 4) is 6.07 Å². The molecule has 1 atom stereocenters. The van der Waals surface area contributed by atoms with Gasteiger partial charge < -0.3 is 5.32 Å². The van der Waals surface area contributed by atoms with Crippen molar-refractivity contribution in [3.63, 3.8) is 0 Å². The first-order chi connectivity index (χ1) is 15.4. The minimum absolute atomic E-state index is 0.227. The van der Waals surface area contributed by atoms with Crippen LogP contribution in [0, 0.1) is 11.3 Å². The summed E-state index contributed by atoms with van der Waals surface area (Å²) < 4.78 is 27.9. The number of anilines is 1. The first-order valence-corrected chi connectivity index (χ1v) is 12.2. The van der Waals surface area contributed by atoms with E-state index in [-0.39, 0.29) is 5.41 Å². The van der Waals surface area contributed by atoms with Gasteiger partial charge in [-0.15, -0.1) is 0 Å². The van der Waals surface area contributed by atoms with Gasteiger partial charge >= 0.3 is 0 Å². The summed E-state index contributed by atoms with van der Waals surface area (Å²) in [7, 11) is -3.75. The summed E-state index contributed by atoms with van der Waals surface area (Å²) in [6.07, 6.45) is 11.8. The Labute approximate surface area is 186 Å². The van der Waals surface area contributed by atoms with Crippen molar-refractivity contribution < 1.29 is 8.42 Å². The summed E-state index contributed by atoms with van der Waals surface area (Å²) in [5.41, 5.74) is 4.54. The third kappa shape index (κ3) is 2.63. The third-order valence-electron chi connectivity index (χ3n) is 7.20. The summed E-state index contributed by atoms with van der Waals surface area (Å²) in [4.78, 5) is 4.63. The van der Waals surface area contributed by atoms with E-state index >= 15 is 0 Å². The molecule has 1 fully saturated rings. The fourth-order valence-electron chi connectivity index (χ4n) is 4.99. The van der Waals surface area contributed by atoms with E-state index in [4.69, 9.17) is 5.26 Å². The molecule has 3 aromatic rings. The lowest BCUT2D eigenvalue weighted by Gasteiger charge is -2.30. The van der Waals surface area contributed by atoms with Gasteiger partial charge in [0.15, 0.2) is 0 Å². The lowest BCUT2D eigenvalue weighted by atomic mass is 9.89. The number of nitrogens with zero attached hydrogens (tertiary/aromatic N) is 3. The number of nitrogens with one attached hydrogen (secondary N) is 1. The van der Waals surface area contributed by atoms with Crippen LogP contribution in [0.2, 0.25) is 0 Å². The number of benzene rings is 1. The fourth-order valence-corrected chi connectivity index (χ4v) is 6.67. The predicted molar refractivity (Wildman–Crippen MR) is 125 cm³/mol. The lowest BCUT2D eigenvalue weighted by Crippen LogP contribution is -2.38. The highest BCUT2D eigenvalue weighted by molar-refractivity contribution is 7.91. The van der Waals surface area contributed by atoms with Crippen LogP contribution >= 0.6 is 0 Å². The Hall–Kier alpha value is -3.37. The molecule has 1 saturated carbocycles. The summed E-state index contributed by atoms with van der Waals surface area (Å²) in [5.74, 6) is 0.962. The van der Waals surface area contributed by atoms with Crippen molar-refractivity contribution >= 4 is 32.3 Å². The first-order valence-electron chi connectivity index (χ1n) is 10.7. The highest BCUT2D eigenvalue weighted by Crippen LogP contribution is 2.54. The molecule has 1 unspecified atom stereocenters. The third-order valence-corrected chi connectivity index (χ3v) is 9.49. The zero-order valence-electron chi connectivity index (χ0n) is 17.7. The summed E-state index contributed by atoms with van der Waals surface area (Å²) in [6.45, 7) is 2.71. The van der Waals surface area contributed by atoms with Gasteiger partial charge in [0, 0.05) is 35.3 Å². The van der Waals surface area contributed by atoms with Crippen LogP contribution in [0.3, 0.4) is 0 Å². The van der Waals surface area contributed by atoms with Gasteiger partial charge in [0.2, 0.25) is 10.0 Å². The smallest absolute Gasteiger partial charge is 0.248 e. The average Bonchev–Trinajstić information content (AvgIpc) is 3.32. The largest absolute Gasteiger partial charge is 0.369 e. The quantitative estimate of drug-likeness (QED) is 0.652. The predicted octanol–water partition coefficient (Wildman–Crippen LogP) is 4.35. The molecule has 1 aromatic carbocycles. The maximum Gasteiger partial charge on any atom is 0.248 e. The van der Waals surface area contributed by atoms with Crippen LogP contribution in [0.5, 0.6) is 0 Å². The van der Waals surface area contributed by atoms with Crippen LogP contribution in [0.15, 0.2) is 61.0 Å². The maximum absolute atomic E-state index is 13.8. The van der Waals surface area contributed by atoms with Gasteiger partial charge in [-0.1, -0.05) is 18.2 Å². The molecule has 160 valence electrons. The van der Waals surface area contributed by atoms with Crippen molar-refractivity contribution in [2.45, 2.75) is 36.3 Å². The molecule has 0 amide bonds. The van der Waals surface area contributed by atoms with Gasteiger partial charge in [-0.2, -0.15) is 5.26 Å². The van der Waals surface area contributed by atoms with Gasteiger partial charge in [-0.05, 0) is 67.7 Å². The molecular weight excluding hydrogens is 420 g/mol. The summed E-state index contributed by atoms with van der Waals surface area (Å²) in [6, 6.07) is 11.1. The van der Waals surface area contributed by atoms with Crippen LogP contribution in [0.25, 0.3) is 16.5 Å². The Morgan fingerprint density at radius 3 is 2.84 bits per heavy atom. The van der Waals surface area contributed by atoms with E-state index in [1.54, 1.807) is 43.5 Å². The normalized spacial score (nSPS) is 22.9. The van der Waals surface area contributed by atoms with E-state index in [1.807, 2.05) is 18.3 Å². The minimum Gasteiger partial charge on any atom is -0.369 e. The van der Waals surface area contributed by atoms with Crippen LogP contribution in [0.4, 0.5) is 5.82 Å². The lowest BCUT2D eigenvalue weighted by molar-refractivity contribution is 0.556. The fraction of sp³-hybridized carbons (Fsp3) is 0.280. The van der Waals surface area contributed by atoms with Gasteiger partial charge in [0.1, 0.15) is 10.6 Å².